The second-order valence-electron chi connectivity index (χ2n) is 10.0. The molecule has 2 aliphatic heterocycles. The third-order valence-corrected chi connectivity index (χ3v) is 10.1. The normalized spacial score (nSPS) is 27.0. The Morgan fingerprint density at radius 2 is 1.52 bits per heavy atom. The molecule has 1 fully saturated rings. The molecule has 0 N–H and O–H groups in total. The van der Waals surface area contributed by atoms with Crippen molar-refractivity contribution >= 4 is 31.3 Å². The number of amides is 1. The van der Waals surface area contributed by atoms with Crippen molar-refractivity contribution in [2.24, 2.45) is 0 Å². The summed E-state index contributed by atoms with van der Waals surface area (Å²) >= 11 is 0. The Morgan fingerprint density at radius 3 is 2.06 bits per heavy atom. The predicted octanol–water partition coefficient (Wildman–Crippen LogP) is 3.32. The van der Waals surface area contributed by atoms with E-state index in [9.17, 15) is 14.4 Å². The van der Waals surface area contributed by atoms with Crippen LogP contribution < -0.4 is 5.19 Å². The minimum absolute atomic E-state index is 0.385. The van der Waals surface area contributed by atoms with Gasteiger partial charge in [-0.1, -0.05) is 60.8 Å². The molecule has 1 amide bonds. The molecule has 33 heavy (non-hydrogen) atoms. The number of esters is 2. The van der Waals surface area contributed by atoms with Gasteiger partial charge in [0.25, 0.3) is 0 Å². The van der Waals surface area contributed by atoms with E-state index < -0.39 is 56.1 Å². The summed E-state index contributed by atoms with van der Waals surface area (Å²) in [5, 5.41) is 2.33. The summed E-state index contributed by atoms with van der Waals surface area (Å²) in [5.41, 5.74) is -1.12. The number of nitrogens with zero attached hydrogens (tertiary/aromatic N) is 1. The van der Waals surface area contributed by atoms with Crippen LogP contribution in [0.2, 0.25) is 18.6 Å². The molecule has 0 radical (unpaired) electrons. The molecule has 4 rings (SSSR count). The Hall–Kier alpha value is -2.65. The van der Waals surface area contributed by atoms with Gasteiger partial charge in [-0.25, -0.2) is 4.79 Å². The third kappa shape index (κ3) is 5.47. The van der Waals surface area contributed by atoms with Crippen LogP contribution in [0.5, 0.6) is 0 Å². The van der Waals surface area contributed by atoms with Crippen LogP contribution in [-0.2, 0) is 28.6 Å². The fraction of sp³-hybridized carbons (Fsp3) is 0.542. The summed E-state index contributed by atoms with van der Waals surface area (Å²) in [7, 11) is -2.49. The van der Waals surface area contributed by atoms with E-state index in [1.807, 2.05) is 36.4 Å². The molecule has 1 aliphatic carbocycles. The molecular weight excluding hydrogens is 442 g/mol. The van der Waals surface area contributed by atoms with Crippen LogP contribution in [0.25, 0.3) is 0 Å². The third-order valence-electron chi connectivity index (χ3n) is 5.90. The van der Waals surface area contributed by atoms with Crippen molar-refractivity contribution < 1.29 is 33.4 Å². The first-order valence-electron chi connectivity index (χ1n) is 11.1. The zero-order valence-corrected chi connectivity index (χ0v) is 21.2. The lowest BCUT2D eigenvalue weighted by molar-refractivity contribution is -0.209. The predicted molar refractivity (Wildman–Crippen MR) is 124 cm³/mol. The molecule has 2 bridgehead atoms. The molecule has 2 heterocycles. The van der Waals surface area contributed by atoms with E-state index in [0.717, 1.165) is 5.19 Å². The Labute approximate surface area is 195 Å². The lowest BCUT2D eigenvalue weighted by Gasteiger charge is -2.43. The summed E-state index contributed by atoms with van der Waals surface area (Å²) < 4.78 is 17.1. The first kappa shape index (κ1) is 25.0. The molecule has 5 atom stereocenters. The van der Waals surface area contributed by atoms with E-state index >= 15 is 0 Å². The second kappa shape index (κ2) is 9.30. The first-order chi connectivity index (χ1) is 15.3. The quantitative estimate of drug-likeness (QED) is 0.285. The molecule has 1 saturated heterocycles. The van der Waals surface area contributed by atoms with Crippen molar-refractivity contribution in [3.8, 4) is 0 Å². The molecule has 180 valence electrons. The van der Waals surface area contributed by atoms with Crippen LogP contribution in [0.15, 0.2) is 42.5 Å². The molecule has 0 spiro atoms. The first-order valence-corrected chi connectivity index (χ1v) is 14.2. The average molecular weight is 476 g/mol. The lowest BCUT2D eigenvalue weighted by atomic mass is 10.0. The summed E-state index contributed by atoms with van der Waals surface area (Å²) in [6.07, 6.45) is 0.458. The van der Waals surface area contributed by atoms with Gasteiger partial charge < -0.3 is 14.2 Å². The fourth-order valence-corrected chi connectivity index (χ4v) is 8.20. The molecule has 9 heteroatoms. The zero-order valence-electron chi connectivity index (χ0n) is 20.2. The van der Waals surface area contributed by atoms with Gasteiger partial charge in [0, 0.05) is 19.4 Å². The minimum Gasteiger partial charge on any atom is -0.458 e. The van der Waals surface area contributed by atoms with E-state index in [-0.39, 0.29) is 5.54 Å². The van der Waals surface area contributed by atoms with Crippen LogP contribution in [0, 0.1) is 0 Å². The highest BCUT2D eigenvalue weighted by Gasteiger charge is 2.58. The van der Waals surface area contributed by atoms with Gasteiger partial charge >= 0.3 is 18.0 Å². The molecule has 0 aromatic heterocycles. The molecule has 0 unspecified atom stereocenters. The smallest absolute Gasteiger partial charge is 0.435 e. The maximum Gasteiger partial charge on any atom is 0.435 e. The van der Waals surface area contributed by atoms with Gasteiger partial charge in [0.15, 0.2) is 6.10 Å². The van der Waals surface area contributed by atoms with Crippen LogP contribution in [0.4, 0.5) is 4.79 Å². The zero-order chi connectivity index (χ0) is 24.6. The maximum absolute atomic E-state index is 13.2. The number of hydrogen-bond acceptors (Lipinski definition) is 7. The van der Waals surface area contributed by atoms with Gasteiger partial charge in [0.1, 0.15) is 17.8 Å². The molecule has 3 aliphatic rings. The van der Waals surface area contributed by atoms with Crippen LogP contribution in [0.3, 0.4) is 0 Å². The van der Waals surface area contributed by atoms with Crippen molar-refractivity contribution in [3.05, 3.63) is 42.5 Å². The van der Waals surface area contributed by atoms with Crippen molar-refractivity contribution in [2.75, 3.05) is 0 Å². The summed E-state index contributed by atoms with van der Waals surface area (Å²) in [6.45, 7) is 12.3. The number of fused-ring (bicyclic) bond motifs is 3. The van der Waals surface area contributed by atoms with Gasteiger partial charge in [-0.2, -0.15) is 5.06 Å². The summed E-state index contributed by atoms with van der Waals surface area (Å²) in [5.74, 6) is -1.02. The van der Waals surface area contributed by atoms with E-state index in [1.165, 1.54) is 18.9 Å². The maximum atomic E-state index is 13.2. The van der Waals surface area contributed by atoms with E-state index in [0.29, 0.717) is 0 Å². The Morgan fingerprint density at radius 1 is 0.939 bits per heavy atom. The molecule has 0 saturated carbocycles. The SMILES string of the molecule is CC(=O)O[C@@H]1[C@H](OC(C)=O)[C@@H]([Si](C)(C)c2ccccc2)[C@@H]2C=C[C@H]1ON2C(=O)OC(C)(C)C. The number of rotatable bonds is 4. The Balaban J connectivity index is 2.16. The fourth-order valence-electron chi connectivity index (χ4n) is 4.59. The second-order valence-corrected chi connectivity index (χ2v) is 14.7. The average Bonchev–Trinajstić information content (AvgIpc) is 2.91. The number of carbonyl (C=O) groups is 3. The lowest BCUT2D eigenvalue weighted by Crippen LogP contribution is -2.59. The number of carbonyl (C=O) groups excluding carboxylic acids is 3. The van der Waals surface area contributed by atoms with Gasteiger partial charge in [0.05, 0.1) is 14.1 Å². The summed E-state index contributed by atoms with van der Waals surface area (Å²) in [4.78, 5) is 43.4. The van der Waals surface area contributed by atoms with Crippen molar-refractivity contribution in [1.29, 1.82) is 0 Å². The molecular formula is C24H33NO7Si. The molecule has 1 aromatic rings. The number of hydroxylamine groups is 2. The van der Waals surface area contributed by atoms with E-state index in [2.05, 4.69) is 13.1 Å². The van der Waals surface area contributed by atoms with Crippen molar-refractivity contribution in [3.63, 3.8) is 0 Å². The van der Waals surface area contributed by atoms with Crippen molar-refractivity contribution in [2.45, 2.75) is 83.2 Å². The molecule has 1 aromatic carbocycles. The standard InChI is InChI=1S/C24H33NO7Si/c1-15(26)29-20-19-14-13-18(25(32-19)23(28)31-24(3,4)5)22(21(20)30-16(2)27)33(6,7)17-11-9-8-10-12-17/h8-14,18-22H,1-7H3/t18-,19+,20-,21-,22-/m0/s1. The van der Waals surface area contributed by atoms with E-state index in [4.69, 9.17) is 19.0 Å². The largest absolute Gasteiger partial charge is 0.458 e. The van der Waals surface area contributed by atoms with Crippen LogP contribution in [0.1, 0.15) is 34.6 Å². The highest BCUT2D eigenvalue weighted by atomic mass is 28.3. The monoisotopic (exact) mass is 475 g/mol. The van der Waals surface area contributed by atoms with Crippen molar-refractivity contribution in [1.82, 2.24) is 5.06 Å². The highest BCUT2D eigenvalue weighted by molar-refractivity contribution is 6.91. The van der Waals surface area contributed by atoms with Gasteiger partial charge in [-0.15, -0.1) is 0 Å². The van der Waals surface area contributed by atoms with Gasteiger partial charge in [-0.3, -0.25) is 14.4 Å². The van der Waals surface area contributed by atoms with Crippen LogP contribution >= 0.6 is 0 Å². The minimum atomic E-state index is -2.49. The summed E-state index contributed by atoms with van der Waals surface area (Å²) in [6, 6.07) is 9.35. The highest BCUT2D eigenvalue weighted by Crippen LogP contribution is 2.44. The molecule has 8 nitrogen and oxygen atoms in total. The van der Waals surface area contributed by atoms with Gasteiger partial charge in [0.2, 0.25) is 0 Å². The van der Waals surface area contributed by atoms with Crippen LogP contribution in [-0.4, -0.2) is 61.1 Å². The van der Waals surface area contributed by atoms with Gasteiger partial charge in [-0.05, 0) is 20.8 Å². The Kier molecular flexibility index (Phi) is 7.04. The Bertz CT molecular complexity index is 924. The topological polar surface area (TPSA) is 91.4 Å². The van der Waals surface area contributed by atoms with E-state index in [1.54, 1.807) is 26.8 Å². The number of benzene rings is 1. The number of ether oxygens (including phenoxy) is 3. The number of hydrogen-bond donors (Lipinski definition) is 0.